The Morgan fingerprint density at radius 2 is 1.70 bits per heavy atom. The molecule has 1 aliphatic heterocycles. The van der Waals surface area contributed by atoms with E-state index in [0.717, 1.165) is 5.52 Å². The molecule has 17 heteroatoms. The van der Waals surface area contributed by atoms with E-state index >= 15 is 0 Å². The van der Waals surface area contributed by atoms with Gasteiger partial charge in [-0.1, -0.05) is 48.5 Å². The van der Waals surface area contributed by atoms with Gasteiger partial charge in [0.05, 0.1) is 34.0 Å². The minimum atomic E-state index is -5.08. The number of carbonyl (C=O) groups excluding carboxylic acids is 1. The Hall–Kier alpha value is -4.79. The molecule has 2 atom stereocenters. The predicted octanol–water partition coefficient (Wildman–Crippen LogP) is 3.22. The molecule has 1 saturated heterocycles. The van der Waals surface area contributed by atoms with Gasteiger partial charge in [0, 0.05) is 0 Å². The van der Waals surface area contributed by atoms with E-state index in [0.29, 0.717) is 22.5 Å². The molecule has 1 unspecified atom stereocenters. The summed E-state index contributed by atoms with van der Waals surface area (Å²) in [7, 11) is -7.89. The van der Waals surface area contributed by atoms with Crippen LogP contribution in [0, 0.1) is 11.3 Å². The van der Waals surface area contributed by atoms with Gasteiger partial charge in [-0.05, 0) is 41.8 Å². The van der Waals surface area contributed by atoms with Crippen molar-refractivity contribution < 1.29 is 44.7 Å². The number of nitrogens with zero attached hydrogens (tertiary/aromatic N) is 2. The van der Waals surface area contributed by atoms with Gasteiger partial charge >= 0.3 is 12.1 Å². The van der Waals surface area contributed by atoms with E-state index < -0.39 is 49.4 Å². The zero-order valence-electron chi connectivity index (χ0n) is 22.2. The molecule has 0 bridgehead atoms. The number of hydrogen-bond acceptors (Lipinski definition) is 8. The highest BCUT2D eigenvalue weighted by Gasteiger charge is 2.39. The van der Waals surface area contributed by atoms with Crippen LogP contribution in [0.15, 0.2) is 77.7 Å². The number of aromatic nitrogens is 2. The molecule has 12 nitrogen and oxygen atoms in total. The van der Waals surface area contributed by atoms with Crippen molar-refractivity contribution in [3.8, 4) is 6.07 Å². The molecule has 1 aliphatic rings. The number of carboxylic acids is 1. The van der Waals surface area contributed by atoms with Gasteiger partial charge < -0.3 is 10.1 Å². The van der Waals surface area contributed by atoms with Crippen LogP contribution in [0.5, 0.6) is 0 Å². The zero-order chi connectivity index (χ0) is 32.3. The maximum absolute atomic E-state index is 13.3. The Labute approximate surface area is 248 Å². The normalized spacial score (nSPS) is 16.8. The fraction of sp³-hybridized carbons (Fsp3) is 0.185. The van der Waals surface area contributed by atoms with Crippen LogP contribution < -0.4 is 9.44 Å². The second kappa shape index (κ2) is 12.4. The summed E-state index contributed by atoms with van der Waals surface area (Å²) in [6.07, 6.45) is -5.05. The molecule has 0 radical (unpaired) electrons. The number of H-pyrrole nitrogens is 1. The molecule has 1 fully saturated rings. The Bertz CT molecular complexity index is 1940. The maximum Gasteiger partial charge on any atom is 0.490 e. The van der Waals surface area contributed by atoms with Crippen molar-refractivity contribution in [3.05, 3.63) is 95.3 Å². The van der Waals surface area contributed by atoms with Gasteiger partial charge in [-0.3, -0.25) is 9.52 Å². The third-order valence-corrected chi connectivity index (χ3v) is 9.60. The molecule has 44 heavy (non-hydrogen) atoms. The molecule has 5 rings (SSSR count). The standard InChI is InChI=1S/C25H21N5O5S2.C2HF3O2/c26-15-18-5-1-4-8-22(18)36(32,33)29-21(25-27-19-6-2-3-7-20(19)28-25)13-16-9-11-17(12-10-16)23-14-24(31)30-37(23,34)35;3-2(4,5)1(6)7/h1-12,21,23,29H,13-14H2,(H,27,28)(H,30,31);(H,6,7)/t21-,23?;/m0./s1. The second-order valence-electron chi connectivity index (χ2n) is 9.43. The fourth-order valence-corrected chi connectivity index (χ4v) is 7.11. The Balaban J connectivity index is 0.000000566. The molecular weight excluding hydrogens is 627 g/mol. The highest BCUT2D eigenvalue weighted by atomic mass is 32.2. The van der Waals surface area contributed by atoms with Gasteiger partial charge in [-0.15, -0.1) is 0 Å². The number of rotatable bonds is 7. The molecule has 0 aliphatic carbocycles. The Morgan fingerprint density at radius 3 is 2.27 bits per heavy atom. The van der Waals surface area contributed by atoms with E-state index in [-0.39, 0.29) is 23.3 Å². The number of carbonyl (C=O) groups is 2. The van der Waals surface area contributed by atoms with Crippen molar-refractivity contribution in [2.45, 2.75) is 35.2 Å². The minimum absolute atomic E-state index is 0.0173. The van der Waals surface area contributed by atoms with Crippen molar-refractivity contribution in [2.75, 3.05) is 0 Å². The van der Waals surface area contributed by atoms with Gasteiger partial charge in [0.15, 0.2) is 0 Å². The summed E-state index contributed by atoms with van der Waals surface area (Å²) < 4.78 is 87.5. The third-order valence-electron chi connectivity index (χ3n) is 6.37. The van der Waals surface area contributed by atoms with Crippen LogP contribution in [0.25, 0.3) is 11.0 Å². The van der Waals surface area contributed by atoms with Crippen molar-refractivity contribution in [3.63, 3.8) is 0 Å². The topological polar surface area (TPSA) is 199 Å². The molecule has 3 aromatic carbocycles. The average molecular weight is 650 g/mol. The quantitative estimate of drug-likeness (QED) is 0.232. The van der Waals surface area contributed by atoms with Crippen LogP contribution in [0.1, 0.15) is 40.2 Å². The number of nitrogens with one attached hydrogen (secondary N) is 3. The highest BCUT2D eigenvalue weighted by molar-refractivity contribution is 7.90. The van der Waals surface area contributed by atoms with E-state index in [1.165, 1.54) is 12.1 Å². The first-order valence-corrected chi connectivity index (χ1v) is 15.5. The lowest BCUT2D eigenvalue weighted by Gasteiger charge is -2.18. The molecule has 0 spiro atoms. The average Bonchev–Trinajstić information content (AvgIpc) is 3.52. The number of para-hydroxylation sites is 2. The van der Waals surface area contributed by atoms with Gasteiger partial charge in [0.25, 0.3) is 0 Å². The highest BCUT2D eigenvalue weighted by Crippen LogP contribution is 2.31. The summed E-state index contributed by atoms with van der Waals surface area (Å²) in [5, 5.41) is 15.6. The van der Waals surface area contributed by atoms with Crippen LogP contribution in [0.4, 0.5) is 13.2 Å². The number of aromatic amines is 1. The smallest absolute Gasteiger partial charge is 0.475 e. The number of amides is 1. The maximum atomic E-state index is 13.3. The van der Waals surface area contributed by atoms with Gasteiger partial charge in [-0.2, -0.15) is 18.4 Å². The lowest BCUT2D eigenvalue weighted by atomic mass is 10.0. The summed E-state index contributed by atoms with van der Waals surface area (Å²) >= 11 is 0. The van der Waals surface area contributed by atoms with Crippen molar-refractivity contribution in [1.82, 2.24) is 19.4 Å². The number of sulfonamides is 2. The Kier molecular flexibility index (Phi) is 9.09. The van der Waals surface area contributed by atoms with Crippen LogP contribution in [0.3, 0.4) is 0 Å². The molecule has 4 aromatic rings. The molecule has 1 amide bonds. The SMILES string of the molecule is N#Cc1ccccc1S(=O)(=O)N[C@@H](Cc1ccc(C2CC(=O)NS2(=O)=O)cc1)c1nc2ccccc2[nH]1.O=C(O)C(F)(F)F. The number of hydrogen-bond donors (Lipinski definition) is 4. The van der Waals surface area contributed by atoms with E-state index in [4.69, 9.17) is 9.90 Å². The number of carboxylic acid groups (broad SMARTS) is 1. The third kappa shape index (κ3) is 7.40. The fourth-order valence-electron chi connectivity index (χ4n) is 4.33. The summed E-state index contributed by atoms with van der Waals surface area (Å²) in [6.45, 7) is 0. The van der Waals surface area contributed by atoms with E-state index in [1.807, 2.05) is 29.0 Å². The number of halogens is 3. The number of alkyl halides is 3. The van der Waals surface area contributed by atoms with Crippen LogP contribution in [0.2, 0.25) is 0 Å². The number of nitriles is 1. The van der Waals surface area contributed by atoms with Gasteiger partial charge in [-0.25, -0.2) is 31.3 Å². The van der Waals surface area contributed by atoms with E-state index in [2.05, 4.69) is 14.7 Å². The summed E-state index contributed by atoms with van der Waals surface area (Å²) in [5.74, 6) is -2.92. The predicted molar refractivity (Wildman–Crippen MR) is 149 cm³/mol. The second-order valence-corrected chi connectivity index (χ2v) is 13.0. The van der Waals surface area contributed by atoms with E-state index in [9.17, 15) is 40.1 Å². The molecule has 4 N–H and O–H groups in total. The summed E-state index contributed by atoms with van der Waals surface area (Å²) in [5.41, 5.74) is 2.59. The summed E-state index contributed by atoms with van der Waals surface area (Å²) in [6, 6.07) is 20.9. The first kappa shape index (κ1) is 32.1. The minimum Gasteiger partial charge on any atom is -0.475 e. The zero-order valence-corrected chi connectivity index (χ0v) is 23.9. The molecule has 1 aromatic heterocycles. The van der Waals surface area contributed by atoms with Gasteiger partial charge in [0.1, 0.15) is 17.1 Å². The molecule has 230 valence electrons. The first-order chi connectivity index (χ1) is 20.6. The Morgan fingerprint density at radius 1 is 1.09 bits per heavy atom. The van der Waals surface area contributed by atoms with Crippen LogP contribution in [-0.4, -0.2) is 50.0 Å². The molecular formula is C27H22F3N5O7S2. The number of fused-ring (bicyclic) bond motifs is 1. The van der Waals surface area contributed by atoms with E-state index in [1.54, 1.807) is 42.5 Å². The van der Waals surface area contributed by atoms with Gasteiger partial charge in [0.2, 0.25) is 26.0 Å². The number of imidazole rings is 1. The lowest BCUT2D eigenvalue weighted by molar-refractivity contribution is -0.192. The van der Waals surface area contributed by atoms with Crippen LogP contribution >= 0.6 is 0 Å². The summed E-state index contributed by atoms with van der Waals surface area (Å²) in [4.78, 5) is 28.1. The molecule has 0 saturated carbocycles. The molecule has 2 heterocycles. The van der Waals surface area contributed by atoms with Crippen LogP contribution in [-0.2, 0) is 36.1 Å². The number of aliphatic carboxylic acids is 1. The van der Waals surface area contributed by atoms with Crippen molar-refractivity contribution in [1.29, 1.82) is 5.26 Å². The van der Waals surface area contributed by atoms with Crippen molar-refractivity contribution in [2.24, 2.45) is 0 Å². The largest absolute Gasteiger partial charge is 0.490 e. The number of benzene rings is 3. The van der Waals surface area contributed by atoms with Crippen molar-refractivity contribution >= 4 is 43.0 Å². The first-order valence-electron chi connectivity index (χ1n) is 12.5. The lowest BCUT2D eigenvalue weighted by Crippen LogP contribution is -2.31. The monoisotopic (exact) mass is 649 g/mol.